The average molecular weight is 178 g/mol. The highest BCUT2D eigenvalue weighted by Gasteiger charge is 2.12. The summed E-state index contributed by atoms with van der Waals surface area (Å²) in [6.45, 7) is 0. The van der Waals surface area contributed by atoms with Gasteiger partial charge >= 0.3 is 8.03 Å². The Bertz CT molecular complexity index is 212. The molecular formula is C6H7ClO2P+. The second-order valence-electron chi connectivity index (χ2n) is 1.61. The lowest BCUT2D eigenvalue weighted by molar-refractivity contribution is 0.513. The van der Waals surface area contributed by atoms with Crippen molar-refractivity contribution < 1.29 is 9.46 Å². The van der Waals surface area contributed by atoms with Crippen LogP contribution in [0, 0.1) is 0 Å². The van der Waals surface area contributed by atoms with Gasteiger partial charge in [-0.2, -0.15) is 4.89 Å². The van der Waals surface area contributed by atoms with Crippen LogP contribution in [0.15, 0.2) is 30.3 Å². The average Bonchev–Trinajstić information content (AvgIpc) is 1.90. The van der Waals surface area contributed by atoms with Crippen molar-refractivity contribution in [2.75, 3.05) is 0 Å². The van der Waals surface area contributed by atoms with Gasteiger partial charge in [0.1, 0.15) is 0 Å². The second kappa shape index (κ2) is 4.40. The van der Waals surface area contributed by atoms with Crippen LogP contribution >= 0.6 is 20.4 Å². The zero-order valence-corrected chi connectivity index (χ0v) is 6.81. The molecule has 0 aliphatic carbocycles. The normalized spacial score (nSPS) is 9.90. The van der Waals surface area contributed by atoms with Gasteiger partial charge in [0.2, 0.25) is 5.30 Å². The lowest BCUT2D eigenvalue weighted by Crippen LogP contribution is -1.91. The molecule has 0 aliphatic heterocycles. The first-order valence-corrected chi connectivity index (χ1v) is 3.73. The third-order valence-electron chi connectivity index (χ3n) is 0.977. The Hall–Kier alpha value is -0.430. The van der Waals surface area contributed by atoms with E-state index in [1.165, 1.54) is 0 Å². The van der Waals surface area contributed by atoms with Crippen molar-refractivity contribution in [2.45, 2.75) is 0 Å². The molecule has 1 aromatic rings. The first kappa shape index (κ1) is 9.57. The maximum Gasteiger partial charge on any atom is 0.546 e. The predicted octanol–water partition coefficient (Wildman–Crippen LogP) is 1.47. The van der Waals surface area contributed by atoms with Crippen molar-refractivity contribution in [3.05, 3.63) is 30.3 Å². The van der Waals surface area contributed by atoms with Gasteiger partial charge in [0.25, 0.3) is 0 Å². The molecular weight excluding hydrogens is 170 g/mol. The smallest absolute Gasteiger partial charge is 0.156 e. The van der Waals surface area contributed by atoms with Crippen LogP contribution < -0.4 is 5.30 Å². The Balaban J connectivity index is 0.000000810. The van der Waals surface area contributed by atoms with Gasteiger partial charge in [-0.15, -0.1) is 12.4 Å². The molecule has 0 bridgehead atoms. The summed E-state index contributed by atoms with van der Waals surface area (Å²) >= 11 is 0. The van der Waals surface area contributed by atoms with E-state index in [1.807, 2.05) is 6.07 Å². The monoisotopic (exact) mass is 177 g/mol. The molecule has 0 heterocycles. The molecule has 1 atom stereocenters. The van der Waals surface area contributed by atoms with E-state index in [0.29, 0.717) is 5.30 Å². The molecule has 4 heteroatoms. The van der Waals surface area contributed by atoms with Crippen LogP contribution in [-0.4, -0.2) is 4.89 Å². The first-order valence-electron chi connectivity index (χ1n) is 2.52. The fourth-order valence-electron chi connectivity index (χ4n) is 0.556. The van der Waals surface area contributed by atoms with Crippen molar-refractivity contribution in [1.82, 2.24) is 0 Å². The van der Waals surface area contributed by atoms with Crippen LogP contribution in [0.1, 0.15) is 0 Å². The van der Waals surface area contributed by atoms with E-state index in [4.69, 9.17) is 4.89 Å². The molecule has 54 valence electrons. The molecule has 0 aromatic heterocycles. The van der Waals surface area contributed by atoms with E-state index in [0.717, 1.165) is 0 Å². The molecule has 0 fully saturated rings. The van der Waals surface area contributed by atoms with E-state index < -0.39 is 8.03 Å². The maximum absolute atomic E-state index is 10.3. The van der Waals surface area contributed by atoms with Gasteiger partial charge in [-0.05, 0) is 16.7 Å². The van der Waals surface area contributed by atoms with E-state index in [-0.39, 0.29) is 12.4 Å². The summed E-state index contributed by atoms with van der Waals surface area (Å²) in [6.07, 6.45) is 0. The third-order valence-corrected chi connectivity index (χ3v) is 1.72. The SMILES string of the molecule is Cl.O=[P+](O)c1ccccc1. The number of benzene rings is 1. The van der Waals surface area contributed by atoms with Crippen LogP contribution in [0.2, 0.25) is 0 Å². The summed E-state index contributed by atoms with van der Waals surface area (Å²) < 4.78 is 10.3. The van der Waals surface area contributed by atoms with Gasteiger partial charge in [-0.3, -0.25) is 0 Å². The molecule has 0 amide bonds. The van der Waals surface area contributed by atoms with Crippen molar-refractivity contribution >= 4 is 25.7 Å². The summed E-state index contributed by atoms with van der Waals surface area (Å²) in [5.74, 6) is 0. The van der Waals surface area contributed by atoms with Crippen molar-refractivity contribution in [3.8, 4) is 0 Å². The molecule has 10 heavy (non-hydrogen) atoms. The van der Waals surface area contributed by atoms with E-state index in [2.05, 4.69) is 0 Å². The quantitative estimate of drug-likeness (QED) is 0.660. The van der Waals surface area contributed by atoms with Gasteiger partial charge in [-0.25, -0.2) is 0 Å². The Labute approximate surface area is 66.2 Å². The number of halogens is 1. The fraction of sp³-hybridized carbons (Fsp3) is 0. The summed E-state index contributed by atoms with van der Waals surface area (Å²) in [6, 6.07) is 8.53. The standard InChI is InChI=1S/C6H5O2P.ClH/c7-9(8)6-4-2-1-3-5-6;/h1-5H;1H/p+1. The van der Waals surface area contributed by atoms with Crippen LogP contribution in [0.25, 0.3) is 0 Å². The van der Waals surface area contributed by atoms with Gasteiger partial charge in [-0.1, -0.05) is 18.2 Å². The zero-order chi connectivity index (χ0) is 6.69. The van der Waals surface area contributed by atoms with Crippen LogP contribution in [0.3, 0.4) is 0 Å². The number of rotatable bonds is 1. The van der Waals surface area contributed by atoms with Gasteiger partial charge < -0.3 is 0 Å². The molecule has 1 aromatic carbocycles. The number of hydrogen-bond acceptors (Lipinski definition) is 1. The topological polar surface area (TPSA) is 37.3 Å². The minimum absolute atomic E-state index is 0. The zero-order valence-electron chi connectivity index (χ0n) is 5.10. The third kappa shape index (κ3) is 2.44. The summed E-state index contributed by atoms with van der Waals surface area (Å²) in [5, 5.41) is 0.479. The first-order chi connectivity index (χ1) is 4.30. The molecule has 0 saturated heterocycles. The molecule has 0 radical (unpaired) electrons. The Morgan fingerprint density at radius 3 is 2.00 bits per heavy atom. The highest BCUT2D eigenvalue weighted by molar-refractivity contribution is 7.47. The fourth-order valence-corrected chi connectivity index (χ4v) is 0.983. The molecule has 2 nitrogen and oxygen atoms in total. The van der Waals surface area contributed by atoms with E-state index in [1.54, 1.807) is 24.3 Å². The summed E-state index contributed by atoms with van der Waals surface area (Å²) in [7, 11) is -2.15. The van der Waals surface area contributed by atoms with Crippen molar-refractivity contribution in [1.29, 1.82) is 0 Å². The molecule has 0 aliphatic rings. The van der Waals surface area contributed by atoms with E-state index in [9.17, 15) is 4.57 Å². The summed E-state index contributed by atoms with van der Waals surface area (Å²) in [5.41, 5.74) is 0. The molecule has 1 rings (SSSR count). The number of hydrogen-bond donors (Lipinski definition) is 1. The van der Waals surface area contributed by atoms with Crippen LogP contribution in [0.4, 0.5) is 0 Å². The Morgan fingerprint density at radius 1 is 1.20 bits per heavy atom. The molecule has 1 N–H and O–H groups in total. The van der Waals surface area contributed by atoms with E-state index >= 15 is 0 Å². The van der Waals surface area contributed by atoms with Crippen molar-refractivity contribution in [2.24, 2.45) is 0 Å². The second-order valence-corrected chi connectivity index (χ2v) is 2.67. The predicted molar refractivity (Wildman–Crippen MR) is 43.1 cm³/mol. The minimum atomic E-state index is -2.15. The molecule has 0 spiro atoms. The minimum Gasteiger partial charge on any atom is -0.156 e. The largest absolute Gasteiger partial charge is 0.546 e. The Kier molecular flexibility index (Phi) is 4.21. The van der Waals surface area contributed by atoms with Gasteiger partial charge in [0.05, 0.1) is 0 Å². The maximum atomic E-state index is 10.3. The summed E-state index contributed by atoms with van der Waals surface area (Å²) in [4.78, 5) is 8.53. The molecule has 1 unspecified atom stereocenters. The highest BCUT2D eigenvalue weighted by Crippen LogP contribution is 2.10. The lowest BCUT2D eigenvalue weighted by atomic mass is 10.4. The van der Waals surface area contributed by atoms with Gasteiger partial charge in [0, 0.05) is 0 Å². The Morgan fingerprint density at radius 2 is 1.70 bits per heavy atom. The molecule has 0 saturated carbocycles. The highest BCUT2D eigenvalue weighted by atomic mass is 35.5. The van der Waals surface area contributed by atoms with Gasteiger partial charge in [0.15, 0.2) is 0 Å². The van der Waals surface area contributed by atoms with Crippen LogP contribution in [-0.2, 0) is 4.57 Å². The lowest BCUT2D eigenvalue weighted by Gasteiger charge is -1.77. The van der Waals surface area contributed by atoms with Crippen molar-refractivity contribution in [3.63, 3.8) is 0 Å². The van der Waals surface area contributed by atoms with Crippen LogP contribution in [0.5, 0.6) is 0 Å².